The average Bonchev–Trinajstić information content (AvgIpc) is 2.58. The van der Waals surface area contributed by atoms with Gasteiger partial charge in [-0.05, 0) is 43.5 Å². The lowest BCUT2D eigenvalue weighted by atomic mass is 10.0. The van der Waals surface area contributed by atoms with Gasteiger partial charge in [0.25, 0.3) is 5.91 Å². The molecule has 0 spiro atoms. The third kappa shape index (κ3) is 5.08. The van der Waals surface area contributed by atoms with Gasteiger partial charge in [-0.3, -0.25) is 4.79 Å². The maximum atomic E-state index is 12.1. The van der Waals surface area contributed by atoms with Crippen LogP contribution in [0.3, 0.4) is 0 Å². The zero-order valence-corrected chi connectivity index (χ0v) is 14.7. The molecule has 25 heavy (non-hydrogen) atoms. The van der Waals surface area contributed by atoms with Crippen molar-refractivity contribution in [3.8, 4) is 5.75 Å². The normalized spacial score (nSPS) is 11.6. The van der Waals surface area contributed by atoms with E-state index in [1.165, 1.54) is 12.1 Å². The summed E-state index contributed by atoms with van der Waals surface area (Å²) in [5.74, 6) is -1.26. The number of phenols is 1. The highest BCUT2D eigenvalue weighted by Crippen LogP contribution is 2.20. The number of ether oxygens (including phenoxy) is 1. The van der Waals surface area contributed by atoms with Crippen molar-refractivity contribution in [1.29, 1.82) is 0 Å². The molecule has 0 aliphatic heterocycles. The number of rotatable bonds is 6. The highest BCUT2D eigenvalue weighted by atomic mass is 16.5. The number of hydrogen-bond acceptors (Lipinski definition) is 4. The van der Waals surface area contributed by atoms with E-state index in [4.69, 9.17) is 4.74 Å². The Hall–Kier alpha value is -2.82. The van der Waals surface area contributed by atoms with Crippen molar-refractivity contribution in [2.45, 2.75) is 33.2 Å². The van der Waals surface area contributed by atoms with Crippen LogP contribution in [0.4, 0.5) is 0 Å². The third-order valence-corrected chi connectivity index (χ3v) is 3.93. The molecule has 0 saturated carbocycles. The predicted octanol–water partition coefficient (Wildman–Crippen LogP) is 3.43. The van der Waals surface area contributed by atoms with E-state index in [-0.39, 0.29) is 23.3 Å². The SMILES string of the molecule is CC[C@H](NC(=O)COC(=O)c1ccc(C)cc1O)c1ccc(C)cc1. The summed E-state index contributed by atoms with van der Waals surface area (Å²) in [6.07, 6.45) is 0.724. The lowest BCUT2D eigenvalue weighted by Gasteiger charge is -2.17. The second-order valence-corrected chi connectivity index (χ2v) is 6.04. The van der Waals surface area contributed by atoms with Gasteiger partial charge in [-0.15, -0.1) is 0 Å². The van der Waals surface area contributed by atoms with E-state index in [0.717, 1.165) is 23.1 Å². The molecular weight excluding hydrogens is 318 g/mol. The second kappa shape index (κ2) is 8.33. The van der Waals surface area contributed by atoms with Crippen LogP contribution < -0.4 is 5.32 Å². The number of carbonyl (C=O) groups excluding carboxylic acids is 2. The van der Waals surface area contributed by atoms with Crippen molar-refractivity contribution in [3.63, 3.8) is 0 Å². The first-order chi connectivity index (χ1) is 11.9. The van der Waals surface area contributed by atoms with Crippen LogP contribution in [0.25, 0.3) is 0 Å². The van der Waals surface area contributed by atoms with Gasteiger partial charge in [0.1, 0.15) is 11.3 Å². The van der Waals surface area contributed by atoms with Gasteiger partial charge in [0, 0.05) is 0 Å². The van der Waals surface area contributed by atoms with Crippen LogP contribution in [0.5, 0.6) is 5.75 Å². The lowest BCUT2D eigenvalue weighted by molar-refractivity contribution is -0.125. The Morgan fingerprint density at radius 1 is 1.08 bits per heavy atom. The molecule has 0 aliphatic carbocycles. The van der Waals surface area contributed by atoms with Gasteiger partial charge < -0.3 is 15.2 Å². The lowest BCUT2D eigenvalue weighted by Crippen LogP contribution is -2.32. The summed E-state index contributed by atoms with van der Waals surface area (Å²) in [5.41, 5.74) is 3.03. The van der Waals surface area contributed by atoms with E-state index >= 15 is 0 Å². The summed E-state index contributed by atoms with van der Waals surface area (Å²) >= 11 is 0. The molecule has 0 radical (unpaired) electrons. The van der Waals surface area contributed by atoms with Gasteiger partial charge in [-0.1, -0.05) is 42.8 Å². The molecule has 1 amide bonds. The third-order valence-electron chi connectivity index (χ3n) is 3.93. The van der Waals surface area contributed by atoms with E-state index in [0.29, 0.717) is 0 Å². The number of amides is 1. The van der Waals surface area contributed by atoms with Crippen LogP contribution in [0.2, 0.25) is 0 Å². The molecule has 2 aromatic carbocycles. The predicted molar refractivity (Wildman–Crippen MR) is 95.5 cm³/mol. The number of aryl methyl sites for hydroxylation is 2. The summed E-state index contributed by atoms with van der Waals surface area (Å²) in [4.78, 5) is 24.1. The van der Waals surface area contributed by atoms with Gasteiger partial charge in [0.2, 0.25) is 0 Å². The molecule has 2 N–H and O–H groups in total. The fourth-order valence-corrected chi connectivity index (χ4v) is 2.48. The molecule has 0 bridgehead atoms. The molecule has 1 atom stereocenters. The Morgan fingerprint density at radius 3 is 2.32 bits per heavy atom. The Labute approximate surface area is 147 Å². The van der Waals surface area contributed by atoms with Crippen LogP contribution in [0, 0.1) is 13.8 Å². The number of hydrogen-bond donors (Lipinski definition) is 2. The van der Waals surface area contributed by atoms with E-state index in [2.05, 4.69) is 5.32 Å². The molecule has 0 unspecified atom stereocenters. The van der Waals surface area contributed by atoms with Crippen LogP contribution in [-0.4, -0.2) is 23.6 Å². The molecule has 0 aromatic heterocycles. The minimum Gasteiger partial charge on any atom is -0.507 e. The van der Waals surface area contributed by atoms with Gasteiger partial charge in [-0.2, -0.15) is 0 Å². The van der Waals surface area contributed by atoms with E-state index < -0.39 is 12.6 Å². The summed E-state index contributed by atoms with van der Waals surface area (Å²) < 4.78 is 5.00. The quantitative estimate of drug-likeness (QED) is 0.789. The smallest absolute Gasteiger partial charge is 0.342 e. The maximum Gasteiger partial charge on any atom is 0.342 e. The second-order valence-electron chi connectivity index (χ2n) is 6.04. The van der Waals surface area contributed by atoms with Crippen LogP contribution in [0.1, 0.15) is 46.4 Å². The molecule has 0 aliphatic rings. The Bertz CT molecular complexity index is 753. The molecule has 2 aromatic rings. The van der Waals surface area contributed by atoms with Crippen LogP contribution in [-0.2, 0) is 9.53 Å². The van der Waals surface area contributed by atoms with Crippen molar-refractivity contribution in [1.82, 2.24) is 5.32 Å². The number of aromatic hydroxyl groups is 1. The summed E-state index contributed by atoms with van der Waals surface area (Å²) in [6.45, 7) is 5.39. The fourth-order valence-electron chi connectivity index (χ4n) is 2.48. The highest BCUT2D eigenvalue weighted by Gasteiger charge is 2.17. The van der Waals surface area contributed by atoms with Crippen molar-refractivity contribution >= 4 is 11.9 Å². The molecular formula is C20H23NO4. The largest absolute Gasteiger partial charge is 0.507 e. The monoisotopic (exact) mass is 341 g/mol. The zero-order valence-electron chi connectivity index (χ0n) is 14.7. The Kier molecular flexibility index (Phi) is 6.17. The number of esters is 1. The number of nitrogens with one attached hydrogen (secondary N) is 1. The Balaban J connectivity index is 1.92. The molecule has 0 saturated heterocycles. The van der Waals surface area contributed by atoms with Crippen molar-refractivity contribution in [3.05, 3.63) is 64.7 Å². The molecule has 132 valence electrons. The van der Waals surface area contributed by atoms with Gasteiger partial charge >= 0.3 is 5.97 Å². The first kappa shape index (κ1) is 18.5. The first-order valence-corrected chi connectivity index (χ1v) is 8.23. The van der Waals surface area contributed by atoms with Crippen LogP contribution in [0.15, 0.2) is 42.5 Å². The minimum absolute atomic E-state index is 0.0453. The fraction of sp³-hybridized carbons (Fsp3) is 0.300. The molecule has 5 heteroatoms. The van der Waals surface area contributed by atoms with Crippen molar-refractivity contribution in [2.24, 2.45) is 0 Å². The van der Waals surface area contributed by atoms with E-state index in [9.17, 15) is 14.7 Å². The van der Waals surface area contributed by atoms with E-state index in [1.807, 2.05) is 38.1 Å². The standard InChI is InChI=1S/C20H23NO4/c1-4-17(15-8-5-13(2)6-9-15)21-19(23)12-25-20(24)16-10-7-14(3)11-18(16)22/h5-11,17,22H,4,12H2,1-3H3,(H,21,23)/t17-/m0/s1. The van der Waals surface area contributed by atoms with Crippen molar-refractivity contribution in [2.75, 3.05) is 6.61 Å². The Morgan fingerprint density at radius 2 is 1.72 bits per heavy atom. The topological polar surface area (TPSA) is 75.6 Å². The van der Waals surface area contributed by atoms with Gasteiger partial charge in [-0.25, -0.2) is 4.79 Å². The number of carbonyl (C=O) groups is 2. The molecule has 5 nitrogen and oxygen atoms in total. The molecule has 0 fully saturated rings. The van der Waals surface area contributed by atoms with E-state index in [1.54, 1.807) is 13.0 Å². The average molecular weight is 341 g/mol. The summed E-state index contributed by atoms with van der Waals surface area (Å²) in [5, 5.41) is 12.6. The first-order valence-electron chi connectivity index (χ1n) is 8.23. The molecule has 2 rings (SSSR count). The summed E-state index contributed by atoms with van der Waals surface area (Å²) in [6, 6.07) is 12.4. The number of benzene rings is 2. The minimum atomic E-state index is -0.726. The van der Waals surface area contributed by atoms with Gasteiger partial charge in [0.15, 0.2) is 6.61 Å². The zero-order chi connectivity index (χ0) is 18.4. The highest BCUT2D eigenvalue weighted by molar-refractivity contribution is 5.94. The summed E-state index contributed by atoms with van der Waals surface area (Å²) in [7, 11) is 0. The van der Waals surface area contributed by atoms with Crippen LogP contribution >= 0.6 is 0 Å². The van der Waals surface area contributed by atoms with Crippen molar-refractivity contribution < 1.29 is 19.4 Å². The number of phenolic OH excluding ortho intramolecular Hbond substituents is 1. The van der Waals surface area contributed by atoms with Gasteiger partial charge in [0.05, 0.1) is 6.04 Å². The molecule has 0 heterocycles. The maximum absolute atomic E-state index is 12.1.